The second kappa shape index (κ2) is 6.86. The average Bonchev–Trinajstić information content (AvgIpc) is 2.36. The Morgan fingerprint density at radius 2 is 2.10 bits per heavy atom. The number of carboxylic acids is 1. The van der Waals surface area contributed by atoms with Gasteiger partial charge in [0.15, 0.2) is 0 Å². The average molecular weight is 277 g/mol. The van der Waals surface area contributed by atoms with Gasteiger partial charge in [-0.3, -0.25) is 4.79 Å². The molecule has 20 heavy (non-hydrogen) atoms. The molecule has 0 aliphatic heterocycles. The second-order valence-corrected chi connectivity index (χ2v) is 4.99. The van der Waals surface area contributed by atoms with Crippen molar-refractivity contribution in [2.24, 2.45) is 0 Å². The number of benzene rings is 1. The summed E-state index contributed by atoms with van der Waals surface area (Å²) >= 11 is 0. The van der Waals surface area contributed by atoms with Crippen LogP contribution in [0.3, 0.4) is 0 Å². The van der Waals surface area contributed by atoms with E-state index in [9.17, 15) is 9.59 Å². The molecule has 0 spiro atoms. The summed E-state index contributed by atoms with van der Waals surface area (Å²) in [6.45, 7) is 3.66. The number of hydrogen-bond donors (Lipinski definition) is 2. The fraction of sp³-hybridized carbons (Fsp3) is 0.333. The molecule has 2 N–H and O–H groups in total. The third-order valence-corrected chi connectivity index (χ3v) is 2.73. The van der Waals surface area contributed by atoms with E-state index >= 15 is 0 Å². The first-order valence-corrected chi connectivity index (χ1v) is 6.18. The van der Waals surface area contributed by atoms with Crippen LogP contribution >= 0.6 is 0 Å². The summed E-state index contributed by atoms with van der Waals surface area (Å²) in [5.41, 5.74) is 0.802. The Morgan fingerprint density at radius 3 is 2.70 bits per heavy atom. The van der Waals surface area contributed by atoms with Gasteiger partial charge in [-0.2, -0.15) is 0 Å². The molecule has 108 valence electrons. The van der Waals surface area contributed by atoms with Gasteiger partial charge in [0.2, 0.25) is 5.91 Å². The highest BCUT2D eigenvalue weighted by atomic mass is 16.5. The van der Waals surface area contributed by atoms with Gasteiger partial charge < -0.3 is 15.2 Å². The molecule has 5 heteroatoms. The Labute approximate surface area is 118 Å². The van der Waals surface area contributed by atoms with Gasteiger partial charge in [-0.25, -0.2) is 4.79 Å². The Kier molecular flexibility index (Phi) is 5.46. The van der Waals surface area contributed by atoms with E-state index in [1.807, 2.05) is 13.8 Å². The highest BCUT2D eigenvalue weighted by Gasteiger charge is 2.20. The van der Waals surface area contributed by atoms with Crippen LogP contribution in [-0.4, -0.2) is 29.7 Å². The van der Waals surface area contributed by atoms with Crippen LogP contribution in [0.25, 0.3) is 6.08 Å². The smallest absolute Gasteiger partial charge is 0.328 e. The van der Waals surface area contributed by atoms with Gasteiger partial charge in [0.05, 0.1) is 12.0 Å². The number of carbonyl (C=O) groups is 2. The van der Waals surface area contributed by atoms with E-state index in [-0.39, 0.29) is 12.3 Å². The van der Waals surface area contributed by atoms with Crippen LogP contribution in [-0.2, 0) is 14.3 Å². The van der Waals surface area contributed by atoms with Crippen LogP contribution < -0.4 is 5.32 Å². The quantitative estimate of drug-likeness (QED) is 0.783. The molecule has 5 nitrogen and oxygen atoms in total. The SMILES string of the molecule is COC(C)(C)CC(=O)Nc1cccc(/C=C/C(=O)O)c1. The molecular weight excluding hydrogens is 258 g/mol. The van der Waals surface area contributed by atoms with Crippen molar-refractivity contribution in [3.8, 4) is 0 Å². The van der Waals surface area contributed by atoms with Crippen molar-refractivity contribution >= 4 is 23.6 Å². The number of amides is 1. The minimum Gasteiger partial charge on any atom is -0.478 e. The number of ether oxygens (including phenoxy) is 1. The number of aliphatic carboxylic acids is 1. The summed E-state index contributed by atoms with van der Waals surface area (Å²) in [6.07, 6.45) is 2.75. The third-order valence-electron chi connectivity index (χ3n) is 2.73. The maximum Gasteiger partial charge on any atom is 0.328 e. The van der Waals surface area contributed by atoms with Gasteiger partial charge in [0.25, 0.3) is 0 Å². The lowest BCUT2D eigenvalue weighted by atomic mass is 10.0. The summed E-state index contributed by atoms with van der Waals surface area (Å²) in [6, 6.07) is 6.96. The van der Waals surface area contributed by atoms with Crippen molar-refractivity contribution in [2.75, 3.05) is 12.4 Å². The fourth-order valence-electron chi connectivity index (χ4n) is 1.55. The lowest BCUT2D eigenvalue weighted by Gasteiger charge is -2.21. The van der Waals surface area contributed by atoms with Crippen molar-refractivity contribution in [3.63, 3.8) is 0 Å². The summed E-state index contributed by atoms with van der Waals surface area (Å²) in [4.78, 5) is 22.3. The molecule has 0 saturated carbocycles. The number of anilines is 1. The molecular formula is C15H19NO4. The van der Waals surface area contributed by atoms with E-state index < -0.39 is 11.6 Å². The minimum absolute atomic E-state index is 0.156. The number of nitrogens with one attached hydrogen (secondary N) is 1. The molecule has 0 aromatic heterocycles. The maximum atomic E-state index is 11.9. The zero-order valence-corrected chi connectivity index (χ0v) is 11.8. The van der Waals surface area contributed by atoms with Crippen LogP contribution in [0.2, 0.25) is 0 Å². The Bertz CT molecular complexity index is 520. The number of methoxy groups -OCH3 is 1. The van der Waals surface area contributed by atoms with Gasteiger partial charge in [-0.15, -0.1) is 0 Å². The predicted molar refractivity (Wildman–Crippen MR) is 77.4 cm³/mol. The van der Waals surface area contributed by atoms with E-state index in [4.69, 9.17) is 9.84 Å². The van der Waals surface area contributed by atoms with Crippen LogP contribution in [0, 0.1) is 0 Å². The summed E-state index contributed by atoms with van der Waals surface area (Å²) < 4.78 is 5.20. The van der Waals surface area contributed by atoms with E-state index in [1.165, 1.54) is 6.08 Å². The number of hydrogen-bond acceptors (Lipinski definition) is 3. The molecule has 1 aromatic rings. The normalized spacial score (nSPS) is 11.6. The Balaban J connectivity index is 2.71. The first-order chi connectivity index (χ1) is 9.32. The molecule has 0 heterocycles. The predicted octanol–water partition coefficient (Wildman–Crippen LogP) is 2.54. The molecule has 0 fully saturated rings. The molecule has 0 bridgehead atoms. The summed E-state index contributed by atoms with van der Waals surface area (Å²) in [7, 11) is 1.56. The second-order valence-electron chi connectivity index (χ2n) is 4.99. The first-order valence-electron chi connectivity index (χ1n) is 6.18. The summed E-state index contributed by atoms with van der Waals surface area (Å²) in [5.74, 6) is -1.17. The third kappa shape index (κ3) is 5.67. The van der Waals surface area contributed by atoms with Crippen molar-refractivity contribution in [3.05, 3.63) is 35.9 Å². The zero-order valence-electron chi connectivity index (χ0n) is 11.8. The van der Waals surface area contributed by atoms with Crippen LogP contribution in [0.5, 0.6) is 0 Å². The highest BCUT2D eigenvalue weighted by Crippen LogP contribution is 2.16. The molecule has 0 saturated heterocycles. The van der Waals surface area contributed by atoms with Crippen LogP contribution in [0.4, 0.5) is 5.69 Å². The molecule has 0 unspecified atom stereocenters. The molecule has 0 radical (unpaired) electrons. The van der Waals surface area contributed by atoms with E-state index in [1.54, 1.807) is 31.4 Å². The fourth-order valence-corrected chi connectivity index (χ4v) is 1.55. The molecule has 1 aromatic carbocycles. The Morgan fingerprint density at radius 1 is 1.40 bits per heavy atom. The number of rotatable bonds is 6. The highest BCUT2D eigenvalue weighted by molar-refractivity contribution is 5.92. The zero-order chi connectivity index (χ0) is 15.2. The molecule has 0 atom stereocenters. The largest absolute Gasteiger partial charge is 0.478 e. The van der Waals surface area contributed by atoms with Gasteiger partial charge in [-0.05, 0) is 37.6 Å². The van der Waals surface area contributed by atoms with Gasteiger partial charge in [0, 0.05) is 18.9 Å². The molecule has 0 aliphatic carbocycles. The first kappa shape index (κ1) is 15.9. The Hall–Kier alpha value is -2.14. The van der Waals surface area contributed by atoms with Gasteiger partial charge in [0.1, 0.15) is 0 Å². The van der Waals surface area contributed by atoms with Gasteiger partial charge in [-0.1, -0.05) is 12.1 Å². The number of carboxylic acid groups (broad SMARTS) is 1. The van der Waals surface area contributed by atoms with Gasteiger partial charge >= 0.3 is 5.97 Å². The monoisotopic (exact) mass is 277 g/mol. The van der Waals surface area contributed by atoms with E-state index in [0.29, 0.717) is 11.3 Å². The summed E-state index contributed by atoms with van der Waals surface area (Å²) in [5, 5.41) is 11.3. The molecule has 0 aliphatic rings. The van der Waals surface area contributed by atoms with Crippen LogP contribution in [0.1, 0.15) is 25.8 Å². The van der Waals surface area contributed by atoms with E-state index in [2.05, 4.69) is 5.32 Å². The topological polar surface area (TPSA) is 75.6 Å². The van der Waals surface area contributed by atoms with Crippen LogP contribution in [0.15, 0.2) is 30.3 Å². The van der Waals surface area contributed by atoms with Crippen molar-refractivity contribution < 1.29 is 19.4 Å². The van der Waals surface area contributed by atoms with E-state index in [0.717, 1.165) is 6.08 Å². The number of carbonyl (C=O) groups excluding carboxylic acids is 1. The lowest BCUT2D eigenvalue weighted by molar-refractivity contribution is -0.131. The van der Waals surface area contributed by atoms with Crippen molar-refractivity contribution in [2.45, 2.75) is 25.9 Å². The van der Waals surface area contributed by atoms with Crippen molar-refractivity contribution in [1.29, 1.82) is 0 Å². The standard InChI is InChI=1S/C15H19NO4/c1-15(2,20-3)10-13(17)16-12-6-4-5-11(9-12)7-8-14(18)19/h4-9H,10H2,1-3H3,(H,16,17)(H,18,19)/b8-7+. The maximum absolute atomic E-state index is 11.9. The molecule has 1 rings (SSSR count). The minimum atomic E-state index is -1.01. The molecule has 1 amide bonds. The lowest BCUT2D eigenvalue weighted by Crippen LogP contribution is -2.29. The van der Waals surface area contributed by atoms with Crippen molar-refractivity contribution in [1.82, 2.24) is 0 Å².